The lowest BCUT2D eigenvalue weighted by atomic mass is 10.0. The summed E-state index contributed by atoms with van der Waals surface area (Å²) in [5.74, 6) is -0.965. The Morgan fingerprint density at radius 2 is 1.90 bits per heavy atom. The van der Waals surface area contributed by atoms with E-state index in [1.165, 1.54) is 25.3 Å². The number of hydrogen-bond donors (Lipinski definition) is 2. The lowest BCUT2D eigenvalue weighted by Crippen LogP contribution is -2.33. The van der Waals surface area contributed by atoms with E-state index in [9.17, 15) is 14.0 Å². The van der Waals surface area contributed by atoms with Gasteiger partial charge in [-0.15, -0.1) is 0 Å². The van der Waals surface area contributed by atoms with E-state index < -0.39 is 17.3 Å². The molecule has 1 saturated heterocycles. The maximum Gasteiger partial charge on any atom is 0.338 e. The number of carboxylic acid groups (broad SMARTS) is 1. The van der Waals surface area contributed by atoms with Gasteiger partial charge in [0, 0.05) is 18.8 Å². The Balaban J connectivity index is 1.68. The molecular formula is C15H17FN2O3. The molecule has 0 bridgehead atoms. The number of carbonyl (C=O) groups is 2. The van der Waals surface area contributed by atoms with E-state index in [0.717, 1.165) is 25.2 Å². The average Bonchev–Trinajstić information content (AvgIpc) is 3.01. The highest BCUT2D eigenvalue weighted by Gasteiger charge is 2.38. The number of amides is 2. The fourth-order valence-corrected chi connectivity index (χ4v) is 3.37. The minimum absolute atomic E-state index is 0.243. The lowest BCUT2D eigenvalue weighted by Gasteiger charge is -2.18. The Morgan fingerprint density at radius 3 is 2.52 bits per heavy atom. The molecule has 1 aromatic carbocycles. The van der Waals surface area contributed by atoms with Gasteiger partial charge in [-0.2, -0.15) is 0 Å². The molecule has 2 N–H and O–H groups in total. The number of carbonyl (C=O) groups excluding carboxylic acids is 1. The van der Waals surface area contributed by atoms with Crippen molar-refractivity contribution in [2.24, 2.45) is 11.8 Å². The number of halogens is 1. The molecular weight excluding hydrogens is 275 g/mol. The number of rotatable bonds is 2. The number of nitrogens with one attached hydrogen (secondary N) is 1. The summed E-state index contributed by atoms with van der Waals surface area (Å²) in [6, 6.07) is 3.33. The van der Waals surface area contributed by atoms with E-state index in [4.69, 9.17) is 5.11 Å². The minimum Gasteiger partial charge on any atom is -0.478 e. The van der Waals surface area contributed by atoms with Gasteiger partial charge in [-0.25, -0.2) is 14.0 Å². The van der Waals surface area contributed by atoms with E-state index >= 15 is 0 Å². The SMILES string of the molecule is O=C(O)c1cc(NC(=O)N2CC3CCCC3C2)ccc1F. The molecule has 0 aromatic heterocycles. The molecule has 5 nitrogen and oxygen atoms in total. The van der Waals surface area contributed by atoms with Crippen molar-refractivity contribution in [3.8, 4) is 0 Å². The first-order valence-corrected chi connectivity index (χ1v) is 7.13. The molecule has 1 heterocycles. The minimum atomic E-state index is -1.35. The van der Waals surface area contributed by atoms with Crippen LogP contribution in [0.15, 0.2) is 18.2 Å². The Labute approximate surface area is 121 Å². The van der Waals surface area contributed by atoms with Gasteiger partial charge in [0.25, 0.3) is 0 Å². The molecule has 6 heteroatoms. The van der Waals surface area contributed by atoms with Crippen LogP contribution in [0.4, 0.5) is 14.9 Å². The molecule has 0 spiro atoms. The molecule has 2 atom stereocenters. The monoisotopic (exact) mass is 292 g/mol. The van der Waals surface area contributed by atoms with E-state index in [1.54, 1.807) is 4.90 Å². The molecule has 1 aliphatic heterocycles. The summed E-state index contributed by atoms with van der Waals surface area (Å²) >= 11 is 0. The van der Waals surface area contributed by atoms with Gasteiger partial charge in [0.1, 0.15) is 5.82 Å². The van der Waals surface area contributed by atoms with E-state index in [0.29, 0.717) is 17.5 Å². The second kappa shape index (κ2) is 5.35. The van der Waals surface area contributed by atoms with Gasteiger partial charge in [0.05, 0.1) is 5.56 Å². The van der Waals surface area contributed by atoms with Crippen molar-refractivity contribution >= 4 is 17.7 Å². The first-order chi connectivity index (χ1) is 10.0. The number of benzene rings is 1. The smallest absolute Gasteiger partial charge is 0.338 e. The van der Waals surface area contributed by atoms with Crippen LogP contribution in [0.3, 0.4) is 0 Å². The zero-order chi connectivity index (χ0) is 15.0. The topological polar surface area (TPSA) is 69.6 Å². The van der Waals surface area contributed by atoms with Gasteiger partial charge >= 0.3 is 12.0 Å². The van der Waals surface area contributed by atoms with E-state index in [1.807, 2.05) is 0 Å². The Kier molecular flexibility index (Phi) is 3.53. The van der Waals surface area contributed by atoms with E-state index in [2.05, 4.69) is 5.32 Å². The molecule has 0 radical (unpaired) electrons. The second-order valence-electron chi connectivity index (χ2n) is 5.79. The predicted molar refractivity (Wildman–Crippen MR) is 74.8 cm³/mol. The Morgan fingerprint density at radius 1 is 1.24 bits per heavy atom. The third kappa shape index (κ3) is 2.70. The number of hydrogen-bond acceptors (Lipinski definition) is 2. The molecule has 3 rings (SSSR count). The molecule has 2 fully saturated rings. The predicted octanol–water partition coefficient (Wildman–Crippen LogP) is 2.79. The fourth-order valence-electron chi connectivity index (χ4n) is 3.37. The van der Waals surface area contributed by atoms with Crippen molar-refractivity contribution in [3.63, 3.8) is 0 Å². The molecule has 2 aliphatic rings. The van der Waals surface area contributed by atoms with Crippen LogP contribution in [-0.2, 0) is 0 Å². The third-order valence-corrected chi connectivity index (χ3v) is 4.46. The van der Waals surface area contributed by atoms with Crippen LogP contribution in [0.2, 0.25) is 0 Å². The molecule has 1 aromatic rings. The maximum atomic E-state index is 13.3. The van der Waals surface area contributed by atoms with Gasteiger partial charge in [0.15, 0.2) is 0 Å². The first-order valence-electron chi connectivity index (χ1n) is 7.13. The van der Waals surface area contributed by atoms with Crippen molar-refractivity contribution < 1.29 is 19.1 Å². The van der Waals surface area contributed by atoms with Crippen LogP contribution in [0, 0.1) is 17.7 Å². The summed E-state index contributed by atoms with van der Waals surface area (Å²) in [5.41, 5.74) is -0.137. The second-order valence-corrected chi connectivity index (χ2v) is 5.79. The van der Waals surface area contributed by atoms with Crippen LogP contribution >= 0.6 is 0 Å². The molecule has 2 amide bonds. The first kappa shape index (κ1) is 13.9. The number of nitrogens with zero attached hydrogens (tertiary/aromatic N) is 1. The van der Waals surface area contributed by atoms with Gasteiger partial charge in [0.2, 0.25) is 0 Å². The zero-order valence-electron chi connectivity index (χ0n) is 11.5. The summed E-state index contributed by atoms with van der Waals surface area (Å²) in [7, 11) is 0. The quantitative estimate of drug-likeness (QED) is 0.880. The number of likely N-dealkylation sites (tertiary alicyclic amines) is 1. The average molecular weight is 292 g/mol. The summed E-state index contributed by atoms with van der Waals surface area (Å²) in [5, 5.41) is 11.5. The summed E-state index contributed by atoms with van der Waals surface area (Å²) in [6.07, 6.45) is 3.59. The maximum absolute atomic E-state index is 13.3. The van der Waals surface area contributed by atoms with Gasteiger partial charge in [-0.05, 0) is 42.9 Å². The van der Waals surface area contributed by atoms with E-state index in [-0.39, 0.29) is 6.03 Å². The third-order valence-electron chi connectivity index (χ3n) is 4.46. The van der Waals surface area contributed by atoms with Crippen LogP contribution < -0.4 is 5.32 Å². The van der Waals surface area contributed by atoms with Crippen molar-refractivity contribution in [2.45, 2.75) is 19.3 Å². The van der Waals surface area contributed by atoms with Gasteiger partial charge < -0.3 is 15.3 Å². The van der Waals surface area contributed by atoms with Gasteiger partial charge in [-0.3, -0.25) is 0 Å². The number of carboxylic acids is 1. The van der Waals surface area contributed by atoms with Gasteiger partial charge in [-0.1, -0.05) is 6.42 Å². The molecule has 21 heavy (non-hydrogen) atoms. The molecule has 1 saturated carbocycles. The summed E-state index contributed by atoms with van der Waals surface area (Å²) in [4.78, 5) is 24.8. The largest absolute Gasteiger partial charge is 0.478 e. The number of anilines is 1. The molecule has 1 aliphatic carbocycles. The number of urea groups is 1. The Hall–Kier alpha value is -2.11. The standard InChI is InChI=1S/C15H17FN2O3/c16-13-5-4-11(6-12(13)14(19)20)17-15(21)18-7-9-2-1-3-10(9)8-18/h4-6,9-10H,1-3,7-8H2,(H,17,21)(H,19,20). The highest BCUT2D eigenvalue weighted by Crippen LogP contribution is 2.37. The fraction of sp³-hybridized carbons (Fsp3) is 0.467. The van der Waals surface area contributed by atoms with Crippen LogP contribution in [0.1, 0.15) is 29.6 Å². The number of aromatic carboxylic acids is 1. The van der Waals surface area contributed by atoms with Crippen molar-refractivity contribution in [1.29, 1.82) is 0 Å². The molecule has 2 unspecified atom stereocenters. The van der Waals surface area contributed by atoms with Crippen molar-refractivity contribution in [1.82, 2.24) is 4.90 Å². The van der Waals surface area contributed by atoms with Crippen molar-refractivity contribution in [2.75, 3.05) is 18.4 Å². The summed E-state index contributed by atoms with van der Waals surface area (Å²) < 4.78 is 13.3. The van der Waals surface area contributed by atoms with Crippen molar-refractivity contribution in [3.05, 3.63) is 29.6 Å². The molecule has 112 valence electrons. The zero-order valence-corrected chi connectivity index (χ0v) is 11.5. The van der Waals surface area contributed by atoms with Crippen LogP contribution in [0.25, 0.3) is 0 Å². The van der Waals surface area contributed by atoms with Crippen LogP contribution in [0.5, 0.6) is 0 Å². The number of fused-ring (bicyclic) bond motifs is 1. The highest BCUT2D eigenvalue weighted by atomic mass is 19.1. The highest BCUT2D eigenvalue weighted by molar-refractivity contribution is 5.93. The normalized spacial score (nSPS) is 24.0. The Bertz CT molecular complexity index is 578. The summed E-state index contributed by atoms with van der Waals surface area (Å²) in [6.45, 7) is 1.51. The lowest BCUT2D eigenvalue weighted by molar-refractivity contribution is 0.0692. The van der Waals surface area contributed by atoms with Crippen LogP contribution in [-0.4, -0.2) is 35.1 Å².